The molecule has 3 aromatic heterocycles. The normalized spacial score (nSPS) is 10.3. The van der Waals surface area contributed by atoms with Crippen LogP contribution in [0.25, 0.3) is 10.2 Å². The third kappa shape index (κ3) is 1.85. The van der Waals surface area contributed by atoms with E-state index in [1.165, 1.54) is 22.2 Å². The maximum Gasteiger partial charge on any atom is 0.176 e. The largest absolute Gasteiger partial charge is 0.383 e. The van der Waals surface area contributed by atoms with Crippen LogP contribution < -0.4 is 5.73 Å². The Balaban J connectivity index is 2.04. The molecular weight excluding hydrogens is 274 g/mol. The molecule has 8 heteroatoms. The molecule has 0 bridgehead atoms. The topological polar surface area (TPSA) is 117 Å². The number of fused-ring (bicyclic) bond motifs is 1. The summed E-state index contributed by atoms with van der Waals surface area (Å²) in [5.41, 5.74) is 6.16. The number of nitrogens with zero attached hydrogens (tertiary/aromatic N) is 6. The Morgan fingerprint density at radius 1 is 1.30 bits per heavy atom. The zero-order valence-electron chi connectivity index (χ0n) is 10.1. The van der Waals surface area contributed by atoms with Gasteiger partial charge in [-0.05, 0) is 11.4 Å². The number of nitrogen functional groups attached to an aromatic ring is 1. The Labute approximate surface area is 117 Å². The summed E-state index contributed by atoms with van der Waals surface area (Å²) in [7, 11) is 0. The highest BCUT2D eigenvalue weighted by atomic mass is 32.1. The van der Waals surface area contributed by atoms with Gasteiger partial charge in [-0.25, -0.2) is 15.0 Å². The van der Waals surface area contributed by atoms with E-state index in [0.29, 0.717) is 11.6 Å². The predicted molar refractivity (Wildman–Crippen MR) is 72.6 cm³/mol. The quantitative estimate of drug-likeness (QED) is 0.755. The first kappa shape index (κ1) is 12.1. The number of aromatic nitrogens is 4. The van der Waals surface area contributed by atoms with Gasteiger partial charge >= 0.3 is 0 Å². The number of rotatable bonds is 2. The Hall–Kier alpha value is -2.97. The van der Waals surface area contributed by atoms with Crippen molar-refractivity contribution >= 4 is 27.4 Å². The summed E-state index contributed by atoms with van der Waals surface area (Å²) in [5.74, 6) is 0.890. The fraction of sp³-hybridized carbons (Fsp3) is 0.0833. The van der Waals surface area contributed by atoms with Gasteiger partial charge in [-0.2, -0.15) is 10.5 Å². The van der Waals surface area contributed by atoms with Gasteiger partial charge < -0.3 is 10.3 Å². The van der Waals surface area contributed by atoms with E-state index in [-0.39, 0.29) is 17.9 Å². The number of hydrogen-bond donors (Lipinski definition) is 1. The van der Waals surface area contributed by atoms with Gasteiger partial charge in [0.25, 0.3) is 0 Å². The molecule has 0 aromatic carbocycles. The van der Waals surface area contributed by atoms with Crippen molar-refractivity contribution in [3.8, 4) is 12.1 Å². The molecule has 0 aliphatic carbocycles. The zero-order chi connectivity index (χ0) is 14.1. The van der Waals surface area contributed by atoms with Crippen molar-refractivity contribution in [1.82, 2.24) is 19.5 Å². The fourth-order valence-electron chi connectivity index (χ4n) is 1.85. The minimum atomic E-state index is 0.0951. The summed E-state index contributed by atoms with van der Waals surface area (Å²) in [6.07, 6.45) is 1.43. The highest BCUT2D eigenvalue weighted by Gasteiger charge is 2.12. The van der Waals surface area contributed by atoms with Gasteiger partial charge in [0.1, 0.15) is 22.8 Å². The maximum atomic E-state index is 9.07. The number of nitriles is 2. The molecule has 0 saturated carbocycles. The van der Waals surface area contributed by atoms with E-state index in [2.05, 4.69) is 15.0 Å². The van der Waals surface area contributed by atoms with E-state index in [4.69, 9.17) is 16.3 Å². The van der Waals surface area contributed by atoms with Crippen molar-refractivity contribution in [1.29, 1.82) is 10.5 Å². The van der Waals surface area contributed by atoms with Crippen molar-refractivity contribution in [2.24, 2.45) is 0 Å². The van der Waals surface area contributed by atoms with Crippen molar-refractivity contribution in [3.63, 3.8) is 0 Å². The van der Waals surface area contributed by atoms with Crippen LogP contribution in [0, 0.1) is 22.7 Å². The van der Waals surface area contributed by atoms with Crippen LogP contribution in [-0.2, 0) is 6.54 Å². The van der Waals surface area contributed by atoms with Crippen LogP contribution in [0.4, 0.5) is 5.82 Å². The minimum Gasteiger partial charge on any atom is -0.383 e. The summed E-state index contributed by atoms with van der Waals surface area (Å²) in [4.78, 5) is 13.3. The lowest BCUT2D eigenvalue weighted by atomic mass is 10.3. The second kappa shape index (κ2) is 4.61. The number of nitrogens with two attached hydrogens (primary N) is 1. The molecule has 3 aromatic rings. The Morgan fingerprint density at radius 2 is 2.15 bits per heavy atom. The van der Waals surface area contributed by atoms with Crippen molar-refractivity contribution in [3.05, 3.63) is 35.0 Å². The van der Waals surface area contributed by atoms with Gasteiger partial charge in [-0.15, -0.1) is 11.3 Å². The molecule has 0 unspecified atom stereocenters. The molecule has 20 heavy (non-hydrogen) atoms. The maximum absolute atomic E-state index is 9.07. The molecule has 96 valence electrons. The molecule has 0 amide bonds. The van der Waals surface area contributed by atoms with Gasteiger partial charge in [-0.1, -0.05) is 0 Å². The Morgan fingerprint density at radius 3 is 2.90 bits per heavy atom. The monoisotopic (exact) mass is 281 g/mol. The van der Waals surface area contributed by atoms with E-state index in [1.807, 2.05) is 23.6 Å². The van der Waals surface area contributed by atoms with Gasteiger partial charge in [0.15, 0.2) is 17.2 Å². The molecule has 0 spiro atoms. The molecule has 3 heterocycles. The van der Waals surface area contributed by atoms with E-state index >= 15 is 0 Å². The summed E-state index contributed by atoms with van der Waals surface area (Å²) < 4.78 is 1.53. The van der Waals surface area contributed by atoms with Crippen molar-refractivity contribution < 1.29 is 0 Å². The Kier molecular flexibility index (Phi) is 2.78. The smallest absolute Gasteiger partial charge is 0.176 e. The minimum absolute atomic E-state index is 0.0951. The van der Waals surface area contributed by atoms with Gasteiger partial charge in [0.2, 0.25) is 0 Å². The van der Waals surface area contributed by atoms with Gasteiger partial charge in [0.05, 0.1) is 18.3 Å². The standard InChI is InChI=1S/C12H7N7S/c13-3-8-9(4-14)19(6-16-8)5-10-17-11(15)7-1-2-20-12(7)18-10/h1-2,6H,5H2,(H2,15,17,18). The van der Waals surface area contributed by atoms with Crippen LogP contribution in [0.2, 0.25) is 0 Å². The van der Waals surface area contributed by atoms with Crippen molar-refractivity contribution in [2.75, 3.05) is 5.73 Å². The molecule has 3 rings (SSSR count). The van der Waals surface area contributed by atoms with E-state index in [0.717, 1.165) is 10.2 Å². The average molecular weight is 281 g/mol. The molecular formula is C12H7N7S. The van der Waals surface area contributed by atoms with E-state index < -0.39 is 0 Å². The zero-order valence-corrected chi connectivity index (χ0v) is 10.9. The number of hydrogen-bond acceptors (Lipinski definition) is 7. The van der Waals surface area contributed by atoms with Crippen LogP contribution in [0.1, 0.15) is 17.2 Å². The number of anilines is 1. The second-order valence-corrected chi connectivity index (χ2v) is 4.85. The van der Waals surface area contributed by atoms with E-state index in [1.54, 1.807) is 0 Å². The SMILES string of the molecule is N#Cc1ncn(Cc2nc(N)c3ccsc3n2)c1C#N. The molecule has 2 N–H and O–H groups in total. The summed E-state index contributed by atoms with van der Waals surface area (Å²) in [6, 6.07) is 5.69. The van der Waals surface area contributed by atoms with Crippen LogP contribution in [0.3, 0.4) is 0 Å². The van der Waals surface area contributed by atoms with Gasteiger partial charge in [0, 0.05) is 0 Å². The average Bonchev–Trinajstić information content (AvgIpc) is 3.05. The van der Waals surface area contributed by atoms with Crippen LogP contribution >= 0.6 is 11.3 Å². The van der Waals surface area contributed by atoms with Crippen molar-refractivity contribution in [2.45, 2.75) is 6.54 Å². The lowest BCUT2D eigenvalue weighted by Crippen LogP contribution is -2.07. The molecule has 0 saturated heterocycles. The van der Waals surface area contributed by atoms with E-state index in [9.17, 15) is 0 Å². The number of thiophene rings is 1. The van der Waals surface area contributed by atoms with Crippen LogP contribution in [0.5, 0.6) is 0 Å². The summed E-state index contributed by atoms with van der Waals surface area (Å²) in [6.45, 7) is 0.246. The van der Waals surface area contributed by atoms with Crippen LogP contribution in [-0.4, -0.2) is 19.5 Å². The third-order valence-electron chi connectivity index (χ3n) is 2.76. The first-order chi connectivity index (χ1) is 9.72. The number of imidazole rings is 1. The van der Waals surface area contributed by atoms with Gasteiger partial charge in [-0.3, -0.25) is 0 Å². The van der Waals surface area contributed by atoms with Crippen LogP contribution in [0.15, 0.2) is 17.8 Å². The lowest BCUT2D eigenvalue weighted by molar-refractivity contribution is 0.741. The highest BCUT2D eigenvalue weighted by molar-refractivity contribution is 7.16. The molecule has 0 radical (unpaired) electrons. The third-order valence-corrected chi connectivity index (χ3v) is 3.57. The summed E-state index contributed by atoms with van der Waals surface area (Å²) in [5, 5.41) is 20.6. The molecule has 0 fully saturated rings. The molecule has 0 aliphatic rings. The molecule has 0 aliphatic heterocycles. The first-order valence-electron chi connectivity index (χ1n) is 5.58. The summed E-state index contributed by atoms with van der Waals surface area (Å²) >= 11 is 1.47. The fourth-order valence-corrected chi connectivity index (χ4v) is 2.64. The predicted octanol–water partition coefficient (Wildman–Crippen LogP) is 1.26. The highest BCUT2D eigenvalue weighted by Crippen LogP contribution is 2.23. The second-order valence-electron chi connectivity index (χ2n) is 3.96. The lowest BCUT2D eigenvalue weighted by Gasteiger charge is -2.04. The molecule has 7 nitrogen and oxygen atoms in total. The molecule has 0 atom stereocenters. The first-order valence-corrected chi connectivity index (χ1v) is 6.46. The Bertz CT molecular complexity index is 877.